The number of hydrogen-bond donors (Lipinski definition) is 1. The Morgan fingerprint density at radius 2 is 1.56 bits per heavy atom. The Kier molecular flexibility index (Phi) is 7.31. The Hall–Kier alpha value is -3.02. The molecule has 6 heteroatoms. The monoisotopic (exact) mass is 343 g/mol. The summed E-state index contributed by atoms with van der Waals surface area (Å²) < 4.78 is 15.9. The van der Waals surface area contributed by atoms with Gasteiger partial charge in [-0.05, 0) is 31.2 Å². The molecule has 2 aromatic rings. The number of esters is 1. The van der Waals surface area contributed by atoms with Crippen LogP contribution in [0.15, 0.2) is 54.6 Å². The SMILES string of the molecule is CCOc1ccccc1OCCC(=O)OCC(=O)Nc1ccccc1. The van der Waals surface area contributed by atoms with E-state index in [0.717, 1.165) is 0 Å². The van der Waals surface area contributed by atoms with Crippen LogP contribution in [-0.2, 0) is 14.3 Å². The summed E-state index contributed by atoms with van der Waals surface area (Å²) in [5.41, 5.74) is 0.652. The second-order valence-electron chi connectivity index (χ2n) is 5.05. The van der Waals surface area contributed by atoms with Gasteiger partial charge in [0.2, 0.25) is 0 Å². The van der Waals surface area contributed by atoms with Crippen molar-refractivity contribution in [3.8, 4) is 11.5 Å². The summed E-state index contributed by atoms with van der Waals surface area (Å²) in [7, 11) is 0. The molecular formula is C19H21NO5. The molecule has 0 unspecified atom stereocenters. The third kappa shape index (κ3) is 6.55. The van der Waals surface area contributed by atoms with Crippen molar-refractivity contribution in [2.24, 2.45) is 0 Å². The molecule has 2 rings (SSSR count). The van der Waals surface area contributed by atoms with Crippen molar-refractivity contribution in [3.05, 3.63) is 54.6 Å². The molecule has 132 valence electrons. The number of nitrogens with one attached hydrogen (secondary N) is 1. The topological polar surface area (TPSA) is 73.9 Å². The Morgan fingerprint density at radius 3 is 2.24 bits per heavy atom. The number of carbonyl (C=O) groups excluding carboxylic acids is 2. The number of ether oxygens (including phenoxy) is 3. The molecule has 0 aromatic heterocycles. The molecule has 2 aromatic carbocycles. The van der Waals surface area contributed by atoms with Crippen LogP contribution in [-0.4, -0.2) is 31.7 Å². The lowest BCUT2D eigenvalue weighted by Gasteiger charge is -2.11. The summed E-state index contributed by atoms with van der Waals surface area (Å²) in [6.07, 6.45) is 0.0408. The Morgan fingerprint density at radius 1 is 0.920 bits per heavy atom. The lowest BCUT2D eigenvalue weighted by atomic mass is 10.3. The maximum absolute atomic E-state index is 11.7. The fourth-order valence-electron chi connectivity index (χ4n) is 2.03. The van der Waals surface area contributed by atoms with Crippen LogP contribution in [0.4, 0.5) is 5.69 Å². The van der Waals surface area contributed by atoms with Gasteiger partial charge in [0.25, 0.3) is 5.91 Å². The second-order valence-corrected chi connectivity index (χ2v) is 5.05. The molecule has 0 saturated heterocycles. The quantitative estimate of drug-likeness (QED) is 0.709. The third-order valence-electron chi connectivity index (χ3n) is 3.13. The summed E-state index contributed by atoms with van der Waals surface area (Å²) in [5.74, 6) is 0.304. The fraction of sp³-hybridized carbons (Fsp3) is 0.263. The molecule has 1 amide bonds. The average Bonchev–Trinajstić information content (AvgIpc) is 2.62. The Balaban J connectivity index is 1.68. The molecule has 0 radical (unpaired) electrons. The van der Waals surface area contributed by atoms with Crippen LogP contribution in [0.25, 0.3) is 0 Å². The first-order valence-electron chi connectivity index (χ1n) is 8.04. The lowest BCUT2D eigenvalue weighted by Crippen LogP contribution is -2.21. The molecule has 6 nitrogen and oxygen atoms in total. The lowest BCUT2D eigenvalue weighted by molar-refractivity contribution is -0.147. The van der Waals surface area contributed by atoms with Crippen molar-refractivity contribution in [1.29, 1.82) is 0 Å². The van der Waals surface area contributed by atoms with Crippen LogP contribution >= 0.6 is 0 Å². The minimum absolute atomic E-state index is 0.0408. The van der Waals surface area contributed by atoms with Crippen LogP contribution in [0.3, 0.4) is 0 Å². The minimum Gasteiger partial charge on any atom is -0.490 e. The average molecular weight is 343 g/mol. The highest BCUT2D eigenvalue weighted by molar-refractivity contribution is 5.92. The Labute approximate surface area is 146 Å². The highest BCUT2D eigenvalue weighted by Gasteiger charge is 2.09. The van der Waals surface area contributed by atoms with Gasteiger partial charge in [-0.25, -0.2) is 0 Å². The van der Waals surface area contributed by atoms with Crippen LogP contribution in [0.2, 0.25) is 0 Å². The van der Waals surface area contributed by atoms with Gasteiger partial charge < -0.3 is 19.5 Å². The highest BCUT2D eigenvalue weighted by Crippen LogP contribution is 2.26. The molecule has 0 saturated carbocycles. The van der Waals surface area contributed by atoms with Crippen molar-refractivity contribution in [2.45, 2.75) is 13.3 Å². The molecule has 25 heavy (non-hydrogen) atoms. The van der Waals surface area contributed by atoms with E-state index in [-0.39, 0.29) is 25.5 Å². The van der Waals surface area contributed by atoms with E-state index < -0.39 is 5.97 Å². The molecular weight excluding hydrogens is 322 g/mol. The maximum atomic E-state index is 11.7. The van der Waals surface area contributed by atoms with Gasteiger partial charge in [0.15, 0.2) is 18.1 Å². The summed E-state index contributed by atoms with van der Waals surface area (Å²) >= 11 is 0. The predicted octanol–water partition coefficient (Wildman–Crippen LogP) is 3.04. The molecule has 0 heterocycles. The van der Waals surface area contributed by atoms with Crippen LogP contribution in [0.1, 0.15) is 13.3 Å². The minimum atomic E-state index is -0.503. The first-order valence-corrected chi connectivity index (χ1v) is 8.04. The van der Waals surface area contributed by atoms with Crippen LogP contribution in [0, 0.1) is 0 Å². The predicted molar refractivity (Wildman–Crippen MR) is 93.8 cm³/mol. The number of benzene rings is 2. The zero-order chi connectivity index (χ0) is 17.9. The maximum Gasteiger partial charge on any atom is 0.309 e. The van der Waals surface area contributed by atoms with Gasteiger partial charge in [-0.2, -0.15) is 0 Å². The molecule has 0 aliphatic heterocycles. The largest absolute Gasteiger partial charge is 0.490 e. The first kappa shape index (κ1) is 18.3. The van der Waals surface area contributed by atoms with Crippen molar-refractivity contribution >= 4 is 17.6 Å². The molecule has 0 aliphatic carbocycles. The van der Waals surface area contributed by atoms with E-state index in [4.69, 9.17) is 14.2 Å². The second kappa shape index (κ2) is 9.97. The molecule has 0 spiro atoms. The van der Waals surface area contributed by atoms with Crippen LogP contribution in [0.5, 0.6) is 11.5 Å². The van der Waals surface area contributed by atoms with Crippen LogP contribution < -0.4 is 14.8 Å². The highest BCUT2D eigenvalue weighted by atomic mass is 16.5. The Bertz CT molecular complexity index is 687. The van der Waals surface area contributed by atoms with Gasteiger partial charge in [0.1, 0.15) is 0 Å². The standard InChI is InChI=1S/C19H21NO5/c1-2-23-16-10-6-7-11-17(16)24-13-12-19(22)25-14-18(21)20-15-8-4-3-5-9-15/h3-11H,2,12-14H2,1H3,(H,20,21). The summed E-state index contributed by atoms with van der Waals surface area (Å²) in [4.78, 5) is 23.4. The number of anilines is 1. The third-order valence-corrected chi connectivity index (χ3v) is 3.13. The van der Waals surface area contributed by atoms with E-state index >= 15 is 0 Å². The van der Waals surface area contributed by atoms with E-state index in [9.17, 15) is 9.59 Å². The smallest absolute Gasteiger partial charge is 0.309 e. The van der Waals surface area contributed by atoms with E-state index in [1.54, 1.807) is 36.4 Å². The van der Waals surface area contributed by atoms with Crippen molar-refractivity contribution < 1.29 is 23.8 Å². The van der Waals surface area contributed by atoms with E-state index in [1.807, 2.05) is 25.1 Å². The first-order chi connectivity index (χ1) is 12.2. The van der Waals surface area contributed by atoms with E-state index in [0.29, 0.717) is 23.8 Å². The zero-order valence-electron chi connectivity index (χ0n) is 14.1. The van der Waals surface area contributed by atoms with E-state index in [2.05, 4.69) is 5.32 Å². The van der Waals surface area contributed by atoms with Crippen molar-refractivity contribution in [3.63, 3.8) is 0 Å². The van der Waals surface area contributed by atoms with E-state index in [1.165, 1.54) is 0 Å². The van der Waals surface area contributed by atoms with Crippen molar-refractivity contribution in [1.82, 2.24) is 0 Å². The van der Waals surface area contributed by atoms with Gasteiger partial charge in [-0.15, -0.1) is 0 Å². The molecule has 0 atom stereocenters. The number of rotatable bonds is 9. The summed E-state index contributed by atoms with van der Waals surface area (Å²) in [6, 6.07) is 16.2. The van der Waals surface area contributed by atoms with Gasteiger partial charge >= 0.3 is 5.97 Å². The number of para-hydroxylation sites is 3. The molecule has 0 fully saturated rings. The van der Waals surface area contributed by atoms with Gasteiger partial charge in [0, 0.05) is 5.69 Å². The van der Waals surface area contributed by atoms with Gasteiger partial charge in [-0.1, -0.05) is 30.3 Å². The summed E-state index contributed by atoms with van der Waals surface area (Å²) in [6.45, 7) is 2.22. The summed E-state index contributed by atoms with van der Waals surface area (Å²) in [5, 5.41) is 2.64. The van der Waals surface area contributed by atoms with Gasteiger partial charge in [-0.3, -0.25) is 9.59 Å². The normalized spacial score (nSPS) is 9.96. The molecule has 1 N–H and O–H groups in total. The molecule has 0 bridgehead atoms. The fourth-order valence-corrected chi connectivity index (χ4v) is 2.03. The van der Waals surface area contributed by atoms with Gasteiger partial charge in [0.05, 0.1) is 19.6 Å². The number of amides is 1. The number of hydrogen-bond acceptors (Lipinski definition) is 5. The van der Waals surface area contributed by atoms with Crippen molar-refractivity contribution in [2.75, 3.05) is 25.1 Å². The number of carbonyl (C=O) groups is 2. The zero-order valence-corrected chi connectivity index (χ0v) is 14.1. The molecule has 0 aliphatic rings.